The molecule has 0 aromatic heterocycles. The fraction of sp³-hybridized carbons (Fsp3) is 0.357. The van der Waals surface area contributed by atoms with Gasteiger partial charge >= 0.3 is 0 Å². The molecule has 1 fully saturated rings. The zero-order valence-corrected chi connectivity index (χ0v) is 21.3. The van der Waals surface area contributed by atoms with Crippen LogP contribution >= 0.6 is 11.8 Å². The minimum Gasteiger partial charge on any atom is -0.497 e. The Hall–Kier alpha value is -3.00. The number of nitrogens with zero attached hydrogens (tertiary/aromatic N) is 3. The summed E-state index contributed by atoms with van der Waals surface area (Å²) < 4.78 is 24.7. The number of hydrogen-bond donors (Lipinski definition) is 0. The molecule has 1 saturated heterocycles. The molecule has 5 atom stereocenters. The van der Waals surface area contributed by atoms with Crippen LogP contribution in [0.25, 0.3) is 10.4 Å². The Balaban J connectivity index is 1.59. The minimum absolute atomic E-state index is 0.227. The van der Waals surface area contributed by atoms with E-state index in [0.29, 0.717) is 13.2 Å². The molecule has 0 N–H and O–H groups in total. The predicted molar refractivity (Wildman–Crippen MR) is 141 cm³/mol. The number of thioether (sulfide) groups is 1. The van der Waals surface area contributed by atoms with Crippen molar-refractivity contribution in [2.75, 3.05) is 7.11 Å². The fourth-order valence-corrected chi connectivity index (χ4v) is 5.34. The third-order valence-corrected chi connectivity index (χ3v) is 7.25. The Morgan fingerprint density at radius 3 is 2.08 bits per heavy atom. The lowest BCUT2D eigenvalue weighted by Crippen LogP contribution is -2.57. The monoisotopic (exact) mass is 505 g/mol. The summed E-state index contributed by atoms with van der Waals surface area (Å²) in [6, 6.07) is 27.1. The molecular formula is C28H31N3O4S. The molecule has 36 heavy (non-hydrogen) atoms. The molecule has 3 aromatic carbocycles. The predicted octanol–water partition coefficient (Wildman–Crippen LogP) is 6.77. The second-order valence-corrected chi connectivity index (χ2v) is 9.63. The molecule has 0 amide bonds. The van der Waals surface area contributed by atoms with Crippen molar-refractivity contribution >= 4 is 11.8 Å². The Morgan fingerprint density at radius 2 is 1.47 bits per heavy atom. The van der Waals surface area contributed by atoms with E-state index in [9.17, 15) is 5.53 Å². The van der Waals surface area contributed by atoms with Gasteiger partial charge in [-0.05, 0) is 47.3 Å². The first-order chi connectivity index (χ1) is 17.7. The fourth-order valence-electron chi connectivity index (χ4n) is 4.21. The normalized spacial score (nSPS) is 23.6. The number of methoxy groups -OCH3 is 1. The van der Waals surface area contributed by atoms with Crippen LogP contribution in [-0.2, 0) is 27.4 Å². The quantitative estimate of drug-likeness (QED) is 0.163. The van der Waals surface area contributed by atoms with Gasteiger partial charge in [0.25, 0.3) is 0 Å². The zero-order valence-electron chi connectivity index (χ0n) is 20.5. The molecule has 1 aliphatic rings. The molecule has 8 heteroatoms. The lowest BCUT2D eigenvalue weighted by atomic mass is 9.96. The first-order valence-corrected chi connectivity index (χ1v) is 12.9. The second-order valence-electron chi connectivity index (χ2n) is 8.46. The second kappa shape index (κ2) is 13.3. The highest BCUT2D eigenvalue weighted by molar-refractivity contribution is 7.99. The van der Waals surface area contributed by atoms with Crippen LogP contribution in [0.1, 0.15) is 24.5 Å². The smallest absolute Gasteiger partial charge is 0.119 e. The largest absolute Gasteiger partial charge is 0.497 e. The molecule has 1 heterocycles. The van der Waals surface area contributed by atoms with Crippen molar-refractivity contribution in [2.45, 2.75) is 61.2 Å². The molecule has 0 spiro atoms. The van der Waals surface area contributed by atoms with Gasteiger partial charge in [0.15, 0.2) is 0 Å². The topological polar surface area (TPSA) is 85.7 Å². The van der Waals surface area contributed by atoms with E-state index in [-0.39, 0.29) is 6.10 Å². The molecule has 0 radical (unpaired) electrons. The molecule has 188 valence electrons. The summed E-state index contributed by atoms with van der Waals surface area (Å²) in [5.41, 5.74) is 11.1. The van der Waals surface area contributed by atoms with Gasteiger partial charge in [-0.3, -0.25) is 0 Å². The summed E-state index contributed by atoms with van der Waals surface area (Å²) in [5.74, 6) is 0.791. The first kappa shape index (κ1) is 26.1. The molecule has 3 aromatic rings. The van der Waals surface area contributed by atoms with E-state index in [1.54, 1.807) is 18.9 Å². The minimum atomic E-state index is -0.576. The van der Waals surface area contributed by atoms with E-state index in [4.69, 9.17) is 18.9 Å². The van der Waals surface area contributed by atoms with E-state index in [1.807, 2.05) is 84.9 Å². The lowest BCUT2D eigenvalue weighted by molar-refractivity contribution is -0.199. The van der Waals surface area contributed by atoms with Gasteiger partial charge in [-0.1, -0.05) is 84.5 Å². The van der Waals surface area contributed by atoms with Crippen LogP contribution in [0, 0.1) is 0 Å². The Kier molecular flexibility index (Phi) is 9.67. The Morgan fingerprint density at radius 1 is 0.861 bits per heavy atom. The van der Waals surface area contributed by atoms with E-state index < -0.39 is 23.7 Å². The highest BCUT2D eigenvalue weighted by atomic mass is 32.2. The number of ether oxygens (including phenoxy) is 4. The zero-order chi connectivity index (χ0) is 25.2. The summed E-state index contributed by atoms with van der Waals surface area (Å²) in [5, 5.41) is 4.16. The van der Waals surface area contributed by atoms with Crippen molar-refractivity contribution in [3.05, 3.63) is 106 Å². The van der Waals surface area contributed by atoms with Gasteiger partial charge in [-0.25, -0.2) is 0 Å². The molecule has 2 unspecified atom stereocenters. The molecular weight excluding hydrogens is 474 g/mol. The molecule has 0 bridgehead atoms. The third kappa shape index (κ3) is 6.81. The van der Waals surface area contributed by atoms with E-state index in [1.165, 1.54) is 0 Å². The van der Waals surface area contributed by atoms with E-state index >= 15 is 0 Å². The maximum atomic E-state index is 9.46. The van der Waals surface area contributed by atoms with Gasteiger partial charge in [0.05, 0.1) is 32.5 Å². The van der Waals surface area contributed by atoms with Crippen LogP contribution < -0.4 is 4.74 Å². The van der Waals surface area contributed by atoms with Gasteiger partial charge in [0, 0.05) is 9.81 Å². The van der Waals surface area contributed by atoms with E-state index in [0.717, 1.165) is 28.2 Å². The highest BCUT2D eigenvalue weighted by Crippen LogP contribution is 2.38. The average molecular weight is 506 g/mol. The highest BCUT2D eigenvalue weighted by Gasteiger charge is 2.47. The van der Waals surface area contributed by atoms with Gasteiger partial charge in [0.1, 0.15) is 23.3 Å². The maximum Gasteiger partial charge on any atom is 0.119 e. The molecule has 0 aliphatic carbocycles. The summed E-state index contributed by atoms with van der Waals surface area (Å²) >= 11 is 1.54. The number of azide groups is 1. The van der Waals surface area contributed by atoms with Crippen molar-refractivity contribution in [3.8, 4) is 5.75 Å². The maximum absolute atomic E-state index is 9.46. The Bertz CT molecular complexity index is 1110. The van der Waals surface area contributed by atoms with Crippen molar-refractivity contribution in [1.29, 1.82) is 0 Å². The van der Waals surface area contributed by atoms with Crippen molar-refractivity contribution in [3.63, 3.8) is 0 Å². The standard InChI is InChI=1S/C28H31N3O4S/c1-3-24-26(33-19-21-14-16-22(32-2)17-15-21)27(34-18-20-10-6-4-7-11-20)25(30-31-29)28(35-24)36-23-12-8-5-9-13-23/h4-17,24-28H,3,18-19H2,1-2H3/t24?,25?,26-,27+,28-/m0/s1. The number of hydrogen-bond acceptors (Lipinski definition) is 6. The van der Waals surface area contributed by atoms with E-state index in [2.05, 4.69) is 16.9 Å². The van der Waals surface area contributed by atoms with Gasteiger partial charge in [0.2, 0.25) is 0 Å². The van der Waals surface area contributed by atoms with Crippen LogP contribution in [0.5, 0.6) is 5.75 Å². The van der Waals surface area contributed by atoms with Gasteiger partial charge < -0.3 is 18.9 Å². The van der Waals surface area contributed by atoms with Gasteiger partial charge in [-0.15, -0.1) is 0 Å². The SMILES string of the molecule is CCC1O[C@@H](Sc2ccccc2)C(N=[N+]=[N-])[C@@H](OCc2ccccc2)[C@H]1OCc1ccc(OC)cc1. The summed E-state index contributed by atoms with van der Waals surface area (Å²) in [6.07, 6.45) is -0.397. The number of benzene rings is 3. The summed E-state index contributed by atoms with van der Waals surface area (Å²) in [4.78, 5) is 4.20. The molecule has 0 saturated carbocycles. The summed E-state index contributed by atoms with van der Waals surface area (Å²) in [6.45, 7) is 2.82. The molecule has 4 rings (SSSR count). The van der Waals surface area contributed by atoms with Crippen molar-refractivity contribution in [2.24, 2.45) is 5.11 Å². The first-order valence-electron chi connectivity index (χ1n) is 12.0. The van der Waals surface area contributed by atoms with Crippen molar-refractivity contribution < 1.29 is 18.9 Å². The van der Waals surface area contributed by atoms with Gasteiger partial charge in [-0.2, -0.15) is 0 Å². The average Bonchev–Trinajstić information content (AvgIpc) is 2.93. The Labute approximate surface area is 216 Å². The lowest BCUT2D eigenvalue weighted by Gasteiger charge is -2.44. The third-order valence-electron chi connectivity index (χ3n) is 6.08. The number of rotatable bonds is 11. The molecule has 1 aliphatic heterocycles. The van der Waals surface area contributed by atoms with Crippen LogP contribution in [0.3, 0.4) is 0 Å². The van der Waals surface area contributed by atoms with Crippen molar-refractivity contribution in [1.82, 2.24) is 0 Å². The molecule has 7 nitrogen and oxygen atoms in total. The van der Waals surface area contributed by atoms with Crippen LogP contribution in [-0.4, -0.2) is 36.9 Å². The van der Waals surface area contributed by atoms with Crippen LogP contribution in [0.4, 0.5) is 0 Å². The van der Waals surface area contributed by atoms with Crippen LogP contribution in [0.2, 0.25) is 0 Å². The summed E-state index contributed by atoms with van der Waals surface area (Å²) in [7, 11) is 1.64. The van der Waals surface area contributed by atoms with Crippen LogP contribution in [0.15, 0.2) is 94.9 Å².